The van der Waals surface area contributed by atoms with Gasteiger partial charge in [-0.2, -0.15) is 0 Å². The summed E-state index contributed by atoms with van der Waals surface area (Å²) in [6.07, 6.45) is 4.95. The van der Waals surface area contributed by atoms with Crippen LogP contribution in [0.15, 0.2) is 24.3 Å². The van der Waals surface area contributed by atoms with E-state index < -0.39 is 12.4 Å². The van der Waals surface area contributed by atoms with Gasteiger partial charge in [0.05, 0.1) is 0 Å². The molecule has 0 amide bonds. The summed E-state index contributed by atoms with van der Waals surface area (Å²) in [5, 5.41) is 0. The summed E-state index contributed by atoms with van der Waals surface area (Å²) in [5.74, 6) is 2.15. The van der Waals surface area contributed by atoms with Gasteiger partial charge >= 0.3 is 58.4 Å². The van der Waals surface area contributed by atoms with Crippen LogP contribution in [0.2, 0.25) is 0 Å². The van der Waals surface area contributed by atoms with E-state index >= 15 is 0 Å². The van der Waals surface area contributed by atoms with E-state index in [-0.39, 0.29) is 56.9 Å². The van der Waals surface area contributed by atoms with Gasteiger partial charge in [-0.1, -0.05) is 24.1 Å². The third kappa shape index (κ3) is 3.88. The second kappa shape index (κ2) is 5.23. The van der Waals surface area contributed by atoms with Gasteiger partial charge in [0.1, 0.15) is 0 Å². The number of benzene rings is 1. The first-order valence-electron chi connectivity index (χ1n) is 3.30. The monoisotopic (exact) mass is 208 g/mol. The minimum absolute atomic E-state index is 0. The van der Waals surface area contributed by atoms with Crippen molar-refractivity contribution in [1.82, 2.24) is 0 Å². The van der Waals surface area contributed by atoms with Gasteiger partial charge < -0.3 is 12.9 Å². The van der Waals surface area contributed by atoms with Crippen molar-refractivity contribution in [2.45, 2.75) is 0 Å². The molecule has 13 heavy (non-hydrogen) atoms. The molecule has 1 aromatic rings. The van der Waals surface area contributed by atoms with E-state index in [9.17, 15) is 12.9 Å². The fourth-order valence-electron chi connectivity index (χ4n) is 0.832. The van der Waals surface area contributed by atoms with Crippen LogP contribution in [0.4, 0.5) is 12.9 Å². The Bertz CT molecular complexity index is 327. The molecule has 0 N–H and O–H groups in total. The van der Waals surface area contributed by atoms with Crippen LogP contribution in [0.1, 0.15) is 5.56 Å². The summed E-state index contributed by atoms with van der Waals surface area (Å²) in [6, 6.07) is 4.76. The first kappa shape index (κ1) is 13.3. The zero-order valence-electron chi connectivity index (χ0n) is 7.10. The van der Waals surface area contributed by atoms with Gasteiger partial charge in [0.25, 0.3) is 0 Å². The zero-order chi connectivity index (χ0) is 9.19. The largest absolute Gasteiger partial charge is 1.00 e. The van der Waals surface area contributed by atoms with E-state index in [4.69, 9.17) is 6.42 Å². The predicted octanol–water partition coefficient (Wildman–Crippen LogP) is -1.27. The fourth-order valence-corrected chi connectivity index (χ4v) is 0.832. The van der Waals surface area contributed by atoms with E-state index in [1.807, 2.05) is 0 Å². The molecule has 0 fully saturated rings. The topological polar surface area (TPSA) is 0 Å². The Morgan fingerprint density at radius 2 is 1.85 bits per heavy atom. The summed E-state index contributed by atoms with van der Waals surface area (Å²) < 4.78 is 36.3. The molecular formula is C8H5BF3K. The molecular weight excluding hydrogens is 203 g/mol. The van der Waals surface area contributed by atoms with E-state index in [1.54, 1.807) is 0 Å². The third-order valence-corrected chi connectivity index (χ3v) is 1.43. The van der Waals surface area contributed by atoms with Crippen molar-refractivity contribution in [3.05, 3.63) is 29.8 Å². The minimum atomic E-state index is -4.93. The van der Waals surface area contributed by atoms with Gasteiger partial charge in [-0.15, -0.1) is 11.9 Å². The van der Waals surface area contributed by atoms with Gasteiger partial charge in [-0.3, -0.25) is 0 Å². The average molecular weight is 208 g/mol. The second-order valence-electron chi connectivity index (χ2n) is 2.34. The number of hydrogen-bond donors (Lipinski definition) is 0. The normalized spacial score (nSPS) is 10.0. The molecule has 1 aromatic carbocycles. The van der Waals surface area contributed by atoms with Crippen LogP contribution in [0.3, 0.4) is 0 Å². The summed E-state index contributed by atoms with van der Waals surface area (Å²) in [4.78, 5) is 0. The molecule has 0 aliphatic heterocycles. The molecule has 0 radical (unpaired) electrons. The SMILES string of the molecule is C#Cc1cccc([B-](F)(F)F)c1.[K+]. The number of terminal acetylenes is 1. The Kier molecular flexibility index (Phi) is 5.34. The summed E-state index contributed by atoms with van der Waals surface area (Å²) >= 11 is 0. The number of hydrogen-bond acceptors (Lipinski definition) is 0. The standard InChI is InChI=1S/C8H5BF3.K/c1-2-7-4-3-5-8(6-7)9(10,11)12;/h1,3-6H;/q-1;+1. The molecule has 0 heterocycles. The third-order valence-electron chi connectivity index (χ3n) is 1.43. The number of rotatable bonds is 1. The molecule has 0 bridgehead atoms. The van der Waals surface area contributed by atoms with E-state index in [2.05, 4.69) is 5.92 Å². The molecule has 0 saturated carbocycles. The summed E-state index contributed by atoms with van der Waals surface area (Å²) in [7, 11) is 0. The van der Waals surface area contributed by atoms with Crippen molar-refractivity contribution in [3.8, 4) is 12.3 Å². The smallest absolute Gasteiger partial charge is 0.445 e. The maximum Gasteiger partial charge on any atom is 1.00 e. The molecule has 62 valence electrons. The molecule has 0 nitrogen and oxygen atoms in total. The van der Waals surface area contributed by atoms with Gasteiger partial charge in [0.2, 0.25) is 0 Å². The summed E-state index contributed by atoms with van der Waals surface area (Å²) in [5.41, 5.74) is -0.392. The molecule has 0 spiro atoms. The Labute approximate surface area is 117 Å². The van der Waals surface area contributed by atoms with E-state index in [0.717, 1.165) is 12.1 Å². The molecule has 0 atom stereocenters. The second-order valence-corrected chi connectivity index (χ2v) is 2.34. The van der Waals surface area contributed by atoms with Crippen molar-refractivity contribution >= 4 is 12.4 Å². The quantitative estimate of drug-likeness (QED) is 0.398. The zero-order valence-corrected chi connectivity index (χ0v) is 10.2. The molecule has 0 aliphatic rings. The Morgan fingerprint density at radius 1 is 1.23 bits per heavy atom. The number of halogens is 3. The Morgan fingerprint density at radius 3 is 2.31 bits per heavy atom. The van der Waals surface area contributed by atoms with Crippen LogP contribution >= 0.6 is 0 Å². The fraction of sp³-hybridized carbons (Fsp3) is 0. The van der Waals surface area contributed by atoms with Crippen molar-refractivity contribution in [3.63, 3.8) is 0 Å². The maximum absolute atomic E-state index is 12.1. The first-order valence-corrected chi connectivity index (χ1v) is 3.30. The van der Waals surface area contributed by atoms with Crippen LogP contribution in [0.25, 0.3) is 0 Å². The van der Waals surface area contributed by atoms with E-state index in [0.29, 0.717) is 0 Å². The van der Waals surface area contributed by atoms with Crippen LogP contribution in [-0.4, -0.2) is 6.98 Å². The molecule has 0 saturated heterocycles. The van der Waals surface area contributed by atoms with Crippen molar-refractivity contribution in [2.24, 2.45) is 0 Å². The van der Waals surface area contributed by atoms with Crippen LogP contribution in [-0.2, 0) is 0 Å². The van der Waals surface area contributed by atoms with E-state index in [1.165, 1.54) is 12.1 Å². The predicted molar refractivity (Wildman–Crippen MR) is 43.1 cm³/mol. The summed E-state index contributed by atoms with van der Waals surface area (Å²) in [6.45, 7) is -4.93. The van der Waals surface area contributed by atoms with Crippen molar-refractivity contribution < 1.29 is 64.3 Å². The van der Waals surface area contributed by atoms with Crippen LogP contribution < -0.4 is 56.8 Å². The van der Waals surface area contributed by atoms with Gasteiger partial charge in [-0.25, -0.2) is 0 Å². The van der Waals surface area contributed by atoms with Gasteiger partial charge in [0.15, 0.2) is 0 Å². The van der Waals surface area contributed by atoms with Gasteiger partial charge in [0, 0.05) is 5.56 Å². The molecule has 5 heteroatoms. The van der Waals surface area contributed by atoms with Crippen molar-refractivity contribution in [2.75, 3.05) is 0 Å². The maximum atomic E-state index is 12.1. The molecule has 0 aliphatic carbocycles. The Balaban J connectivity index is 0.00000144. The minimum Gasteiger partial charge on any atom is -0.445 e. The first-order chi connectivity index (χ1) is 5.54. The average Bonchev–Trinajstić information content (AvgIpc) is 2.03. The van der Waals surface area contributed by atoms with Crippen LogP contribution in [0, 0.1) is 12.3 Å². The van der Waals surface area contributed by atoms with Crippen LogP contribution in [0.5, 0.6) is 0 Å². The van der Waals surface area contributed by atoms with Gasteiger partial charge in [-0.05, 0) is 6.07 Å². The van der Waals surface area contributed by atoms with Crippen molar-refractivity contribution in [1.29, 1.82) is 0 Å². The molecule has 1 rings (SSSR count). The molecule has 0 unspecified atom stereocenters. The molecule has 0 aromatic heterocycles. The Hall–Kier alpha value is 0.271.